The zero-order valence-corrected chi connectivity index (χ0v) is 22.9. The number of hydrogen-bond donors (Lipinski definition) is 2. The molecule has 1 fully saturated rings. The summed E-state index contributed by atoms with van der Waals surface area (Å²) >= 11 is 0. The second-order valence-electron chi connectivity index (χ2n) is 10.2. The van der Waals surface area contributed by atoms with Gasteiger partial charge in [0.1, 0.15) is 11.5 Å². The van der Waals surface area contributed by atoms with Crippen molar-refractivity contribution in [3.8, 4) is 5.75 Å². The standard InChI is InChI=1S/C32H33NO5S/c1-3-32(4-2,24-13-7-5-8-14-24)28-21-27(34)30(31(35)38-28)29(22-18-19-22)23-12-11-15-25(20-23)33-39(36,37)26-16-9-6-10-17-26/h5-17,20-22,29,33-34H,3-4,18-19H2,1-2H3. The number of rotatable bonds is 10. The SMILES string of the molecule is CCC(CC)(c1ccccc1)c1cc(O)c(C(c2cccc(NS(=O)(=O)c3ccccc3)c2)C2CC2)c(=O)o1. The normalized spacial score (nSPS) is 14.6. The Morgan fingerprint density at radius 2 is 1.56 bits per heavy atom. The Hall–Kier alpha value is -3.84. The van der Waals surface area contributed by atoms with Crippen LogP contribution in [0.15, 0.2) is 105 Å². The lowest BCUT2D eigenvalue weighted by atomic mass is 9.73. The maximum absolute atomic E-state index is 13.6. The fourth-order valence-corrected chi connectivity index (χ4v) is 6.70. The van der Waals surface area contributed by atoms with Gasteiger partial charge in [-0.2, -0.15) is 0 Å². The molecule has 6 nitrogen and oxygen atoms in total. The molecule has 39 heavy (non-hydrogen) atoms. The molecule has 1 unspecified atom stereocenters. The van der Waals surface area contributed by atoms with Gasteiger partial charge in [-0.15, -0.1) is 0 Å². The third kappa shape index (κ3) is 5.23. The highest BCUT2D eigenvalue weighted by molar-refractivity contribution is 7.92. The van der Waals surface area contributed by atoms with Gasteiger partial charge in [0.15, 0.2) is 0 Å². The molecule has 0 bridgehead atoms. The lowest BCUT2D eigenvalue weighted by Gasteiger charge is -2.31. The van der Waals surface area contributed by atoms with E-state index < -0.39 is 27.0 Å². The molecule has 1 atom stereocenters. The van der Waals surface area contributed by atoms with Gasteiger partial charge in [-0.1, -0.05) is 74.5 Å². The van der Waals surface area contributed by atoms with Crippen molar-refractivity contribution in [1.29, 1.82) is 0 Å². The molecule has 1 aromatic heterocycles. The zero-order chi connectivity index (χ0) is 27.6. The van der Waals surface area contributed by atoms with Crippen LogP contribution in [0.4, 0.5) is 5.69 Å². The van der Waals surface area contributed by atoms with Crippen LogP contribution in [0, 0.1) is 5.92 Å². The van der Waals surface area contributed by atoms with E-state index in [4.69, 9.17) is 4.42 Å². The third-order valence-electron chi connectivity index (χ3n) is 7.93. The Kier molecular flexibility index (Phi) is 7.36. The molecule has 2 N–H and O–H groups in total. The van der Waals surface area contributed by atoms with E-state index in [0.29, 0.717) is 24.3 Å². The van der Waals surface area contributed by atoms with Crippen LogP contribution in [-0.2, 0) is 15.4 Å². The van der Waals surface area contributed by atoms with Crippen LogP contribution in [0.5, 0.6) is 5.75 Å². The van der Waals surface area contributed by atoms with E-state index in [9.17, 15) is 18.3 Å². The maximum atomic E-state index is 13.6. The van der Waals surface area contributed by atoms with E-state index in [1.165, 1.54) is 12.1 Å². The summed E-state index contributed by atoms with van der Waals surface area (Å²) in [5.74, 6) is 0.104. The van der Waals surface area contributed by atoms with Crippen LogP contribution < -0.4 is 10.3 Å². The minimum atomic E-state index is -3.78. The molecule has 1 aliphatic rings. The maximum Gasteiger partial charge on any atom is 0.343 e. The number of sulfonamides is 1. The molecule has 0 spiro atoms. The smallest absolute Gasteiger partial charge is 0.343 e. The van der Waals surface area contributed by atoms with Crippen molar-refractivity contribution in [1.82, 2.24) is 0 Å². The lowest BCUT2D eigenvalue weighted by molar-refractivity contribution is 0.326. The van der Waals surface area contributed by atoms with Gasteiger partial charge in [0.2, 0.25) is 0 Å². The van der Waals surface area contributed by atoms with Crippen LogP contribution in [-0.4, -0.2) is 13.5 Å². The molecule has 1 saturated carbocycles. The fourth-order valence-electron chi connectivity index (χ4n) is 5.63. The van der Waals surface area contributed by atoms with E-state index in [2.05, 4.69) is 18.6 Å². The molecule has 4 aromatic rings. The summed E-state index contributed by atoms with van der Waals surface area (Å²) in [5, 5.41) is 11.3. The molecule has 1 heterocycles. The van der Waals surface area contributed by atoms with E-state index in [1.54, 1.807) is 42.5 Å². The first-order chi connectivity index (χ1) is 18.8. The second kappa shape index (κ2) is 10.7. The number of benzene rings is 3. The topological polar surface area (TPSA) is 96.6 Å². The molecule has 0 saturated heterocycles. The summed E-state index contributed by atoms with van der Waals surface area (Å²) in [6, 6.07) is 26.7. The van der Waals surface area contributed by atoms with Gasteiger partial charge >= 0.3 is 5.63 Å². The van der Waals surface area contributed by atoms with Crippen molar-refractivity contribution in [2.75, 3.05) is 4.72 Å². The summed E-state index contributed by atoms with van der Waals surface area (Å²) < 4.78 is 34.4. The van der Waals surface area contributed by atoms with Crippen LogP contribution in [0.1, 0.15) is 67.9 Å². The molecule has 1 aliphatic carbocycles. The van der Waals surface area contributed by atoms with Crippen molar-refractivity contribution in [2.45, 2.75) is 55.8 Å². The predicted molar refractivity (Wildman–Crippen MR) is 153 cm³/mol. The molecular weight excluding hydrogens is 510 g/mol. The van der Waals surface area contributed by atoms with Crippen LogP contribution >= 0.6 is 0 Å². The van der Waals surface area contributed by atoms with Gasteiger partial charge in [-0.05, 0) is 67.0 Å². The highest BCUT2D eigenvalue weighted by atomic mass is 32.2. The summed E-state index contributed by atoms with van der Waals surface area (Å²) in [6.07, 6.45) is 3.21. The van der Waals surface area contributed by atoms with Gasteiger partial charge < -0.3 is 9.52 Å². The average molecular weight is 544 g/mol. The summed E-state index contributed by atoms with van der Waals surface area (Å²) in [7, 11) is -3.78. The van der Waals surface area contributed by atoms with Crippen molar-refractivity contribution >= 4 is 15.7 Å². The van der Waals surface area contributed by atoms with Crippen molar-refractivity contribution < 1.29 is 17.9 Å². The Balaban J connectivity index is 1.54. The average Bonchev–Trinajstić information content (AvgIpc) is 3.78. The quantitative estimate of drug-likeness (QED) is 0.229. The molecule has 7 heteroatoms. The van der Waals surface area contributed by atoms with Crippen LogP contribution in [0.25, 0.3) is 0 Å². The van der Waals surface area contributed by atoms with Crippen molar-refractivity contribution in [2.24, 2.45) is 5.92 Å². The van der Waals surface area contributed by atoms with Gasteiger partial charge in [-0.3, -0.25) is 4.72 Å². The van der Waals surface area contributed by atoms with E-state index in [0.717, 1.165) is 24.0 Å². The van der Waals surface area contributed by atoms with Gasteiger partial charge in [0, 0.05) is 17.7 Å². The third-order valence-corrected chi connectivity index (χ3v) is 9.32. The number of nitrogens with one attached hydrogen (secondary N) is 1. The molecule has 0 radical (unpaired) electrons. The molecule has 5 rings (SSSR count). The molecule has 0 aliphatic heterocycles. The molecule has 0 amide bonds. The first-order valence-corrected chi connectivity index (χ1v) is 14.9. The van der Waals surface area contributed by atoms with Gasteiger partial charge in [0.05, 0.1) is 15.9 Å². The van der Waals surface area contributed by atoms with Crippen molar-refractivity contribution in [3.63, 3.8) is 0 Å². The molecule has 202 valence electrons. The van der Waals surface area contributed by atoms with Gasteiger partial charge in [-0.25, -0.2) is 13.2 Å². The summed E-state index contributed by atoms with van der Waals surface area (Å²) in [4.78, 5) is 13.7. The van der Waals surface area contributed by atoms with Crippen molar-refractivity contribution in [3.05, 3.63) is 124 Å². The van der Waals surface area contributed by atoms with Gasteiger partial charge in [0.25, 0.3) is 10.0 Å². The monoisotopic (exact) mass is 543 g/mol. The Bertz CT molecular complexity index is 1610. The van der Waals surface area contributed by atoms with E-state index in [1.807, 2.05) is 36.4 Å². The van der Waals surface area contributed by atoms with E-state index in [-0.39, 0.29) is 22.1 Å². The lowest BCUT2D eigenvalue weighted by Crippen LogP contribution is -2.28. The fraction of sp³-hybridized carbons (Fsp3) is 0.281. The Morgan fingerprint density at radius 1 is 0.923 bits per heavy atom. The summed E-state index contributed by atoms with van der Waals surface area (Å²) in [6.45, 7) is 4.10. The largest absolute Gasteiger partial charge is 0.507 e. The first kappa shape index (κ1) is 26.8. The minimum absolute atomic E-state index is 0.0874. The predicted octanol–water partition coefficient (Wildman–Crippen LogP) is 6.79. The molecule has 3 aromatic carbocycles. The van der Waals surface area contributed by atoms with Crippen LogP contribution in [0.2, 0.25) is 0 Å². The second-order valence-corrected chi connectivity index (χ2v) is 11.9. The Labute approximate surface area is 229 Å². The highest BCUT2D eigenvalue weighted by Crippen LogP contribution is 2.49. The van der Waals surface area contributed by atoms with Crippen LogP contribution in [0.3, 0.4) is 0 Å². The number of anilines is 1. The summed E-state index contributed by atoms with van der Waals surface area (Å²) in [5.41, 5.74) is 1.30. The number of aromatic hydroxyl groups is 1. The van der Waals surface area contributed by atoms with E-state index >= 15 is 0 Å². The Morgan fingerprint density at radius 3 is 2.15 bits per heavy atom. The molecular formula is C32H33NO5S. The minimum Gasteiger partial charge on any atom is -0.507 e. The number of hydrogen-bond acceptors (Lipinski definition) is 5. The zero-order valence-electron chi connectivity index (χ0n) is 22.1. The highest BCUT2D eigenvalue weighted by Gasteiger charge is 2.40. The first-order valence-electron chi connectivity index (χ1n) is 13.4.